The number of hydrogen-bond donors (Lipinski definition) is 1. The van der Waals surface area contributed by atoms with Gasteiger partial charge in [0.15, 0.2) is 11.5 Å². The Morgan fingerprint density at radius 1 is 1.00 bits per heavy atom. The van der Waals surface area contributed by atoms with Gasteiger partial charge in [0, 0.05) is 19.2 Å². The van der Waals surface area contributed by atoms with E-state index in [1.807, 2.05) is 6.92 Å². The highest BCUT2D eigenvalue weighted by Gasteiger charge is 2.46. The van der Waals surface area contributed by atoms with Gasteiger partial charge < -0.3 is 29.0 Å². The van der Waals surface area contributed by atoms with E-state index >= 15 is 0 Å². The van der Waals surface area contributed by atoms with Gasteiger partial charge in [0.1, 0.15) is 11.5 Å². The molecular weight excluding hydrogens is 414 g/mol. The third-order valence-corrected chi connectivity index (χ3v) is 5.24. The van der Waals surface area contributed by atoms with E-state index in [1.54, 1.807) is 42.5 Å². The van der Waals surface area contributed by atoms with Crippen LogP contribution in [0.1, 0.15) is 24.1 Å². The molecule has 1 unspecified atom stereocenters. The molecule has 3 rings (SSSR count). The lowest BCUT2D eigenvalue weighted by Gasteiger charge is -2.25. The van der Waals surface area contributed by atoms with Crippen molar-refractivity contribution in [2.24, 2.45) is 0 Å². The first-order valence-corrected chi connectivity index (χ1v) is 10.2. The normalized spacial score (nSPS) is 17.5. The fourth-order valence-corrected chi connectivity index (χ4v) is 3.68. The van der Waals surface area contributed by atoms with Gasteiger partial charge >= 0.3 is 0 Å². The number of nitrogens with zero attached hydrogens (tertiary/aromatic N) is 1. The van der Waals surface area contributed by atoms with E-state index in [0.717, 1.165) is 0 Å². The lowest BCUT2D eigenvalue weighted by molar-refractivity contribution is -0.140. The van der Waals surface area contributed by atoms with E-state index < -0.39 is 17.7 Å². The van der Waals surface area contributed by atoms with Crippen LogP contribution in [0.2, 0.25) is 0 Å². The van der Waals surface area contributed by atoms with Crippen molar-refractivity contribution >= 4 is 17.4 Å². The van der Waals surface area contributed by atoms with Gasteiger partial charge in [0.2, 0.25) is 0 Å². The Balaban J connectivity index is 2.15. The molecule has 1 aliphatic heterocycles. The van der Waals surface area contributed by atoms with Gasteiger partial charge in [-0.15, -0.1) is 0 Å². The molecule has 1 amide bonds. The summed E-state index contributed by atoms with van der Waals surface area (Å²) >= 11 is 0. The van der Waals surface area contributed by atoms with Crippen molar-refractivity contribution in [3.63, 3.8) is 0 Å². The molecule has 0 aromatic heterocycles. The predicted molar refractivity (Wildman–Crippen MR) is 118 cm³/mol. The first kappa shape index (κ1) is 23.1. The van der Waals surface area contributed by atoms with Crippen LogP contribution in [0.3, 0.4) is 0 Å². The number of carbonyl (C=O) groups excluding carboxylic acids is 2. The summed E-state index contributed by atoms with van der Waals surface area (Å²) in [6.07, 6.45) is 0. The second-order valence-corrected chi connectivity index (χ2v) is 7.06. The number of carbonyl (C=O) groups is 2. The maximum absolute atomic E-state index is 13.0. The van der Waals surface area contributed by atoms with Gasteiger partial charge in [-0.25, -0.2) is 0 Å². The van der Waals surface area contributed by atoms with Gasteiger partial charge in [-0.2, -0.15) is 0 Å². The van der Waals surface area contributed by atoms with Crippen LogP contribution in [0.5, 0.6) is 17.2 Å². The van der Waals surface area contributed by atoms with Crippen LogP contribution >= 0.6 is 0 Å². The maximum atomic E-state index is 13.0. The molecule has 1 saturated heterocycles. The lowest BCUT2D eigenvalue weighted by atomic mass is 9.95. The van der Waals surface area contributed by atoms with Gasteiger partial charge in [-0.05, 0) is 48.9 Å². The van der Waals surface area contributed by atoms with Crippen LogP contribution in [-0.4, -0.2) is 62.8 Å². The van der Waals surface area contributed by atoms with E-state index in [-0.39, 0.29) is 24.5 Å². The topological polar surface area (TPSA) is 94.5 Å². The third-order valence-electron chi connectivity index (χ3n) is 5.24. The molecule has 2 aromatic carbocycles. The van der Waals surface area contributed by atoms with Gasteiger partial charge in [0.25, 0.3) is 11.7 Å². The van der Waals surface area contributed by atoms with Crippen LogP contribution in [-0.2, 0) is 14.3 Å². The second-order valence-electron chi connectivity index (χ2n) is 7.06. The third kappa shape index (κ3) is 4.40. The van der Waals surface area contributed by atoms with Gasteiger partial charge in [-0.1, -0.05) is 6.07 Å². The standard InChI is InChI=1S/C24H27NO7/c1-5-32-18-11-8-16(14-19(18)31-4)21-20(23(27)24(28)25(21)12-13-29-2)22(26)15-6-9-17(30-3)10-7-15/h6-11,14,21,26H,5,12-13H2,1-4H3/b22-20+. The van der Waals surface area contributed by atoms with Crippen molar-refractivity contribution in [3.05, 3.63) is 59.2 Å². The fourth-order valence-electron chi connectivity index (χ4n) is 3.68. The van der Waals surface area contributed by atoms with Gasteiger partial charge in [0.05, 0.1) is 39.0 Å². The average molecular weight is 441 g/mol. The zero-order valence-corrected chi connectivity index (χ0v) is 18.6. The molecule has 1 N–H and O–H groups in total. The SMILES string of the molecule is CCOc1ccc(C2/C(=C(\O)c3ccc(OC)cc3)C(=O)C(=O)N2CCOC)cc1OC. The molecule has 1 fully saturated rings. The molecule has 2 aromatic rings. The summed E-state index contributed by atoms with van der Waals surface area (Å²) in [5.41, 5.74) is 1.01. The maximum Gasteiger partial charge on any atom is 0.295 e. The Hall–Kier alpha value is -3.52. The lowest BCUT2D eigenvalue weighted by Crippen LogP contribution is -2.32. The summed E-state index contributed by atoms with van der Waals surface area (Å²) in [5, 5.41) is 11.1. The van der Waals surface area contributed by atoms with Crippen molar-refractivity contribution < 1.29 is 33.6 Å². The number of aliphatic hydroxyl groups is 1. The number of ketones is 1. The Morgan fingerprint density at radius 3 is 2.31 bits per heavy atom. The average Bonchev–Trinajstić information content (AvgIpc) is 3.07. The molecule has 32 heavy (non-hydrogen) atoms. The van der Waals surface area contributed by atoms with E-state index in [9.17, 15) is 14.7 Å². The largest absolute Gasteiger partial charge is 0.507 e. The molecule has 8 nitrogen and oxygen atoms in total. The first-order chi connectivity index (χ1) is 15.5. The van der Waals surface area contributed by atoms with Crippen molar-refractivity contribution in [3.8, 4) is 17.2 Å². The number of hydrogen-bond acceptors (Lipinski definition) is 7. The Kier molecular flexibility index (Phi) is 7.37. The quantitative estimate of drug-likeness (QED) is 0.363. The highest BCUT2D eigenvalue weighted by molar-refractivity contribution is 6.46. The van der Waals surface area contributed by atoms with Crippen molar-refractivity contribution in [1.82, 2.24) is 4.90 Å². The molecular formula is C24H27NO7. The number of amides is 1. The van der Waals surface area contributed by atoms with Crippen LogP contribution in [0.4, 0.5) is 0 Å². The smallest absolute Gasteiger partial charge is 0.295 e. The number of methoxy groups -OCH3 is 3. The van der Waals surface area contributed by atoms with Crippen LogP contribution in [0.25, 0.3) is 5.76 Å². The zero-order chi connectivity index (χ0) is 23.3. The number of ether oxygens (including phenoxy) is 4. The molecule has 0 saturated carbocycles. The van der Waals surface area contributed by atoms with Crippen molar-refractivity contribution in [2.45, 2.75) is 13.0 Å². The molecule has 1 heterocycles. The van der Waals surface area contributed by atoms with E-state index in [2.05, 4.69) is 0 Å². The van der Waals surface area contributed by atoms with Gasteiger partial charge in [-0.3, -0.25) is 9.59 Å². The molecule has 0 radical (unpaired) electrons. The summed E-state index contributed by atoms with van der Waals surface area (Å²) in [7, 11) is 4.57. The first-order valence-electron chi connectivity index (χ1n) is 10.2. The van der Waals surface area contributed by atoms with E-state index in [0.29, 0.717) is 35.0 Å². The monoisotopic (exact) mass is 441 g/mol. The zero-order valence-electron chi connectivity index (χ0n) is 18.6. The number of rotatable bonds is 9. The summed E-state index contributed by atoms with van der Waals surface area (Å²) in [6.45, 7) is 2.74. The highest BCUT2D eigenvalue weighted by Crippen LogP contribution is 2.42. The summed E-state index contributed by atoms with van der Waals surface area (Å²) < 4.78 is 21.3. The highest BCUT2D eigenvalue weighted by atomic mass is 16.5. The summed E-state index contributed by atoms with van der Waals surface area (Å²) in [5.74, 6) is -0.102. The van der Waals surface area contributed by atoms with Crippen LogP contribution in [0.15, 0.2) is 48.0 Å². The number of aliphatic hydroxyl groups excluding tert-OH is 1. The molecule has 0 bridgehead atoms. The number of likely N-dealkylation sites (tertiary alicyclic amines) is 1. The summed E-state index contributed by atoms with van der Waals surface area (Å²) in [4.78, 5) is 27.3. The van der Waals surface area contributed by atoms with Crippen molar-refractivity contribution in [1.29, 1.82) is 0 Å². The second kappa shape index (κ2) is 10.2. The minimum atomic E-state index is -0.808. The molecule has 1 atom stereocenters. The molecule has 1 aliphatic rings. The molecule has 0 aliphatic carbocycles. The number of benzene rings is 2. The molecule has 0 spiro atoms. The van der Waals surface area contributed by atoms with Crippen molar-refractivity contribution in [2.75, 3.05) is 41.1 Å². The van der Waals surface area contributed by atoms with E-state index in [4.69, 9.17) is 18.9 Å². The Bertz CT molecular complexity index is 1010. The Morgan fingerprint density at radius 2 is 1.72 bits per heavy atom. The molecule has 8 heteroatoms. The predicted octanol–water partition coefficient (Wildman–Crippen LogP) is 3.17. The van der Waals surface area contributed by atoms with E-state index in [1.165, 1.54) is 26.2 Å². The number of Topliss-reactive ketones (excluding diaryl/α,β-unsaturated/α-hetero) is 1. The van der Waals surface area contributed by atoms with Crippen LogP contribution in [0, 0.1) is 0 Å². The minimum Gasteiger partial charge on any atom is -0.507 e. The summed E-state index contributed by atoms with van der Waals surface area (Å²) in [6, 6.07) is 11.0. The fraction of sp³-hybridized carbons (Fsp3) is 0.333. The molecule has 170 valence electrons. The van der Waals surface area contributed by atoms with Crippen LogP contribution < -0.4 is 14.2 Å². The minimum absolute atomic E-state index is 0.00230. The Labute approximate surface area is 187 Å².